The molecule has 7 rings (SSSR count). The first-order valence-electron chi connectivity index (χ1n) is 10.5. The summed E-state index contributed by atoms with van der Waals surface area (Å²) >= 11 is 6.05. The number of fused-ring (bicyclic) bond motifs is 4. The van der Waals surface area contributed by atoms with Crippen molar-refractivity contribution in [2.75, 3.05) is 5.32 Å². The van der Waals surface area contributed by atoms with Crippen LogP contribution in [0.5, 0.6) is 0 Å². The fourth-order valence-electron chi connectivity index (χ4n) is 5.01. The smallest absolute Gasteiger partial charge is 0.194 e. The molecule has 1 atom stereocenters. The minimum absolute atomic E-state index is 0.114. The molecule has 0 spiro atoms. The van der Waals surface area contributed by atoms with Gasteiger partial charge in [0.05, 0.1) is 18.0 Å². The second-order valence-electron chi connectivity index (χ2n) is 8.40. The van der Waals surface area contributed by atoms with E-state index < -0.39 is 5.82 Å². The topological polar surface area (TPSA) is 92.5 Å². The number of aromatic amines is 1. The van der Waals surface area contributed by atoms with Crippen LogP contribution >= 0.6 is 11.6 Å². The van der Waals surface area contributed by atoms with Crippen LogP contribution in [-0.2, 0) is 0 Å². The van der Waals surface area contributed by atoms with Crippen molar-refractivity contribution in [2.45, 2.75) is 38.1 Å². The summed E-state index contributed by atoms with van der Waals surface area (Å²) in [5.41, 5.74) is 1.81. The van der Waals surface area contributed by atoms with Gasteiger partial charge in [0, 0.05) is 12.2 Å². The van der Waals surface area contributed by atoms with Gasteiger partial charge < -0.3 is 14.7 Å². The minimum Gasteiger partial charge on any atom is -0.463 e. The normalized spacial score (nSPS) is 22.8. The lowest BCUT2D eigenvalue weighted by molar-refractivity contribution is 0.157. The standard InChI is InChI=1S/C22H20ClFN6O/c23-16-10-26-22-18(28-16)13(9-25-22)20-29-19(15-2-1-7-31-15)17(24)21(30-20)27-14-8-11-3-5-12(14)6-4-11/h1-2,7,9-12,14H,3-6,8H2,(H,25,26)(H,27,29,30). The molecule has 2 bridgehead atoms. The van der Waals surface area contributed by atoms with E-state index in [1.807, 2.05) is 0 Å². The third kappa shape index (κ3) is 3.26. The Bertz CT molecular complexity index is 1250. The number of hydrogen-bond donors (Lipinski definition) is 2. The average molecular weight is 439 g/mol. The number of halogens is 2. The number of nitrogens with one attached hydrogen (secondary N) is 2. The van der Waals surface area contributed by atoms with E-state index in [4.69, 9.17) is 16.0 Å². The van der Waals surface area contributed by atoms with Crippen molar-refractivity contribution in [2.24, 2.45) is 11.8 Å². The van der Waals surface area contributed by atoms with Gasteiger partial charge in [0.25, 0.3) is 0 Å². The van der Waals surface area contributed by atoms with Crippen LogP contribution in [0.25, 0.3) is 34.0 Å². The second-order valence-corrected chi connectivity index (χ2v) is 8.78. The Morgan fingerprint density at radius 2 is 2.03 bits per heavy atom. The Morgan fingerprint density at radius 3 is 2.77 bits per heavy atom. The monoisotopic (exact) mass is 438 g/mol. The van der Waals surface area contributed by atoms with Crippen molar-refractivity contribution in [1.82, 2.24) is 24.9 Å². The number of furan rings is 1. The molecule has 1 unspecified atom stereocenters. The van der Waals surface area contributed by atoms with Crippen LogP contribution in [0.1, 0.15) is 32.1 Å². The van der Waals surface area contributed by atoms with Crippen molar-refractivity contribution in [1.29, 1.82) is 0 Å². The summed E-state index contributed by atoms with van der Waals surface area (Å²) in [6.45, 7) is 0. The Labute approximate surface area is 182 Å². The first-order valence-corrected chi connectivity index (χ1v) is 10.9. The molecule has 2 N–H and O–H groups in total. The van der Waals surface area contributed by atoms with Crippen molar-refractivity contribution in [3.63, 3.8) is 0 Å². The third-order valence-electron chi connectivity index (χ3n) is 6.57. The Balaban J connectivity index is 1.47. The number of aromatic nitrogens is 5. The van der Waals surface area contributed by atoms with Gasteiger partial charge >= 0.3 is 0 Å². The quantitative estimate of drug-likeness (QED) is 0.439. The predicted molar refractivity (Wildman–Crippen MR) is 115 cm³/mol. The fourth-order valence-corrected chi connectivity index (χ4v) is 5.14. The van der Waals surface area contributed by atoms with Gasteiger partial charge in [-0.15, -0.1) is 0 Å². The molecule has 7 nitrogen and oxygen atoms in total. The first-order chi connectivity index (χ1) is 15.2. The molecule has 0 aliphatic heterocycles. The summed E-state index contributed by atoms with van der Waals surface area (Å²) in [5, 5.41) is 3.67. The van der Waals surface area contributed by atoms with Gasteiger partial charge in [0.15, 0.2) is 28.9 Å². The number of nitrogens with zero attached hydrogens (tertiary/aromatic N) is 4. The molecule has 3 saturated carbocycles. The SMILES string of the molecule is Fc1c(NC2CC3CCC2CC3)nc(-c2c[nH]c3ncc(Cl)nc23)nc1-c1ccco1. The van der Waals surface area contributed by atoms with Crippen LogP contribution in [-0.4, -0.2) is 31.0 Å². The van der Waals surface area contributed by atoms with Crippen LogP contribution in [0.15, 0.2) is 35.2 Å². The van der Waals surface area contributed by atoms with Gasteiger partial charge in [-0.1, -0.05) is 24.4 Å². The van der Waals surface area contributed by atoms with E-state index in [1.165, 1.54) is 38.1 Å². The van der Waals surface area contributed by atoms with E-state index in [2.05, 4.69) is 30.2 Å². The van der Waals surface area contributed by atoms with Crippen LogP contribution in [0.4, 0.5) is 10.2 Å². The van der Waals surface area contributed by atoms with Gasteiger partial charge in [-0.2, -0.15) is 0 Å². The van der Waals surface area contributed by atoms with Gasteiger partial charge in [-0.05, 0) is 43.2 Å². The molecule has 3 fully saturated rings. The van der Waals surface area contributed by atoms with Gasteiger partial charge in [0.1, 0.15) is 16.4 Å². The third-order valence-corrected chi connectivity index (χ3v) is 6.75. The zero-order valence-electron chi connectivity index (χ0n) is 16.6. The summed E-state index contributed by atoms with van der Waals surface area (Å²) in [6, 6.07) is 3.61. The predicted octanol–water partition coefficient (Wildman–Crippen LogP) is 5.46. The van der Waals surface area contributed by atoms with E-state index in [9.17, 15) is 0 Å². The van der Waals surface area contributed by atoms with Crippen LogP contribution in [0, 0.1) is 17.7 Å². The molecule has 31 heavy (non-hydrogen) atoms. The molecule has 9 heteroatoms. The maximum atomic E-state index is 15.5. The lowest BCUT2D eigenvalue weighted by atomic mass is 9.68. The van der Waals surface area contributed by atoms with Crippen LogP contribution in [0.2, 0.25) is 5.15 Å². The summed E-state index contributed by atoms with van der Waals surface area (Å²) in [7, 11) is 0. The second kappa shape index (κ2) is 7.30. The molecule has 3 aliphatic rings. The molecule has 0 radical (unpaired) electrons. The van der Waals surface area contributed by atoms with Crippen molar-refractivity contribution < 1.29 is 8.81 Å². The number of hydrogen-bond acceptors (Lipinski definition) is 6. The summed E-state index contributed by atoms with van der Waals surface area (Å²) < 4.78 is 21.0. The molecule has 0 aromatic carbocycles. The summed E-state index contributed by atoms with van der Waals surface area (Å²) in [6.07, 6.45) is 10.6. The highest BCUT2D eigenvalue weighted by Gasteiger charge is 2.36. The molecular formula is C22H20ClFN6O. The van der Waals surface area contributed by atoms with E-state index >= 15 is 4.39 Å². The Hall–Kier alpha value is -3.00. The Kier molecular flexibility index (Phi) is 4.41. The van der Waals surface area contributed by atoms with E-state index in [-0.39, 0.29) is 22.7 Å². The highest BCUT2D eigenvalue weighted by molar-refractivity contribution is 6.29. The zero-order valence-corrected chi connectivity index (χ0v) is 17.4. The Morgan fingerprint density at radius 1 is 1.16 bits per heavy atom. The lowest BCUT2D eigenvalue weighted by Crippen LogP contribution is -2.40. The van der Waals surface area contributed by atoms with Gasteiger partial charge in [0.2, 0.25) is 0 Å². The molecule has 4 aromatic rings. The molecule has 0 saturated heterocycles. The number of H-pyrrole nitrogens is 1. The molecule has 3 aliphatic carbocycles. The number of anilines is 1. The maximum absolute atomic E-state index is 15.5. The highest BCUT2D eigenvalue weighted by atomic mass is 35.5. The maximum Gasteiger partial charge on any atom is 0.194 e. The molecular weight excluding hydrogens is 419 g/mol. The summed E-state index contributed by atoms with van der Waals surface area (Å²) in [5.74, 6) is 1.62. The summed E-state index contributed by atoms with van der Waals surface area (Å²) in [4.78, 5) is 20.7. The van der Waals surface area contributed by atoms with Crippen LogP contribution < -0.4 is 5.32 Å². The van der Waals surface area contributed by atoms with E-state index in [0.29, 0.717) is 40.1 Å². The average Bonchev–Trinajstić information content (AvgIpc) is 3.46. The first kappa shape index (κ1) is 18.7. The highest BCUT2D eigenvalue weighted by Crippen LogP contribution is 2.43. The molecule has 0 amide bonds. The van der Waals surface area contributed by atoms with Gasteiger partial charge in [-0.3, -0.25) is 0 Å². The van der Waals surface area contributed by atoms with Crippen molar-refractivity contribution in [3.05, 3.63) is 41.8 Å². The van der Waals surface area contributed by atoms with E-state index in [1.54, 1.807) is 18.3 Å². The largest absolute Gasteiger partial charge is 0.463 e. The zero-order chi connectivity index (χ0) is 20.9. The molecule has 158 valence electrons. The van der Waals surface area contributed by atoms with Crippen molar-refractivity contribution in [3.8, 4) is 22.8 Å². The van der Waals surface area contributed by atoms with Crippen molar-refractivity contribution >= 4 is 28.6 Å². The lowest BCUT2D eigenvalue weighted by Gasteiger charge is -2.42. The molecule has 4 heterocycles. The van der Waals surface area contributed by atoms with E-state index in [0.717, 1.165) is 6.42 Å². The molecule has 4 aromatic heterocycles. The number of rotatable bonds is 4. The fraction of sp³-hybridized carbons (Fsp3) is 0.364. The van der Waals surface area contributed by atoms with Gasteiger partial charge in [-0.25, -0.2) is 24.3 Å². The minimum atomic E-state index is -0.510. The van der Waals surface area contributed by atoms with Crippen LogP contribution in [0.3, 0.4) is 0 Å².